The summed E-state index contributed by atoms with van der Waals surface area (Å²) in [7, 11) is 8.81. The third-order valence-corrected chi connectivity index (χ3v) is 7.82. The van der Waals surface area contributed by atoms with Crippen molar-refractivity contribution in [3.8, 4) is 0 Å². The summed E-state index contributed by atoms with van der Waals surface area (Å²) in [5.41, 5.74) is 4.58. The number of aryl methyl sites for hydroxylation is 1. The molecule has 1 aromatic heterocycles. The molecular weight excluding hydrogens is 532 g/mol. The Morgan fingerprint density at radius 2 is 1.31 bits per heavy atom. The van der Waals surface area contributed by atoms with E-state index in [1.165, 1.54) is 4.90 Å². The van der Waals surface area contributed by atoms with Crippen LogP contribution in [0.1, 0.15) is 37.4 Å². The van der Waals surface area contributed by atoms with Crippen LogP contribution in [0.25, 0.3) is 10.9 Å². The Morgan fingerprint density at radius 1 is 0.738 bits per heavy atom. The van der Waals surface area contributed by atoms with Crippen molar-refractivity contribution in [2.24, 2.45) is 7.05 Å². The van der Waals surface area contributed by atoms with E-state index in [9.17, 15) is 19.2 Å². The second-order valence-electron chi connectivity index (χ2n) is 11.1. The minimum absolute atomic E-state index is 0.0176. The van der Waals surface area contributed by atoms with Crippen LogP contribution in [-0.2, 0) is 26.7 Å². The van der Waals surface area contributed by atoms with Gasteiger partial charge in [-0.3, -0.25) is 19.1 Å². The summed E-state index contributed by atoms with van der Waals surface area (Å²) < 4.78 is 3.51. The Labute approximate surface area is 244 Å². The number of carbonyl (C=O) groups is 3. The van der Waals surface area contributed by atoms with Crippen LogP contribution < -0.4 is 5.56 Å². The molecule has 2 heterocycles. The number of amides is 4. The van der Waals surface area contributed by atoms with Gasteiger partial charge in [-0.05, 0) is 53.1 Å². The fourth-order valence-electron chi connectivity index (χ4n) is 5.29. The van der Waals surface area contributed by atoms with Gasteiger partial charge in [0.1, 0.15) is 0 Å². The number of aromatic nitrogens is 2. The summed E-state index contributed by atoms with van der Waals surface area (Å²) in [4.78, 5) is 57.5. The topological polar surface area (TPSA) is 91.1 Å². The van der Waals surface area contributed by atoms with Crippen molar-refractivity contribution in [2.45, 2.75) is 19.6 Å². The van der Waals surface area contributed by atoms with Gasteiger partial charge in [0.05, 0.1) is 17.4 Å². The Kier molecular flexibility index (Phi) is 7.89. The molecule has 0 saturated carbocycles. The number of rotatable bonds is 8. The zero-order valence-electron chi connectivity index (χ0n) is 24.7. The molecule has 0 N–H and O–H groups in total. The van der Waals surface area contributed by atoms with Gasteiger partial charge in [0.15, 0.2) is 0 Å². The molecule has 218 valence electrons. The molecule has 10 nitrogen and oxygen atoms in total. The highest BCUT2D eigenvalue weighted by Crippen LogP contribution is 2.18. The average molecular weight is 569 g/mol. The fourth-order valence-corrected chi connectivity index (χ4v) is 5.29. The second kappa shape index (κ2) is 11.6. The van der Waals surface area contributed by atoms with E-state index in [1.807, 2.05) is 54.2 Å². The molecule has 4 aromatic rings. The molecule has 4 amide bonds. The summed E-state index contributed by atoms with van der Waals surface area (Å²) in [6.45, 7) is 2.65. The standard InChI is InChI=1S/C32H36N6O4/c1-33(2)29(39)25-11-8-23(9-12-25)21-38-31(41)27-18-24(10-15-28(27)36(38)5)19-35(4)30(40)26-13-6-22(7-14-26)20-37-17-16-34(3)32(37)42/h6-15,18H,16-17,19-21H2,1-5H3. The van der Waals surface area contributed by atoms with Gasteiger partial charge in [-0.1, -0.05) is 30.3 Å². The van der Waals surface area contributed by atoms with E-state index in [4.69, 9.17) is 0 Å². The molecule has 1 aliphatic rings. The maximum Gasteiger partial charge on any atom is 0.320 e. The molecule has 1 saturated heterocycles. The first-order valence-electron chi connectivity index (χ1n) is 13.9. The first-order chi connectivity index (χ1) is 20.0. The van der Waals surface area contributed by atoms with Crippen LogP contribution >= 0.6 is 0 Å². The van der Waals surface area contributed by atoms with Crippen molar-refractivity contribution in [1.82, 2.24) is 29.0 Å². The molecule has 1 fully saturated rings. The largest absolute Gasteiger partial charge is 0.345 e. The van der Waals surface area contributed by atoms with Crippen molar-refractivity contribution in [3.05, 3.63) is 105 Å². The number of fused-ring (bicyclic) bond motifs is 1. The molecule has 5 rings (SSSR count). The van der Waals surface area contributed by atoms with E-state index in [-0.39, 0.29) is 23.4 Å². The van der Waals surface area contributed by atoms with E-state index in [0.29, 0.717) is 42.7 Å². The van der Waals surface area contributed by atoms with Gasteiger partial charge < -0.3 is 19.6 Å². The Balaban J connectivity index is 1.27. The van der Waals surface area contributed by atoms with Crippen LogP contribution in [-0.4, -0.2) is 88.1 Å². The number of carbonyl (C=O) groups excluding carboxylic acids is 3. The molecule has 0 atom stereocenters. The quantitative estimate of drug-likeness (QED) is 0.326. The van der Waals surface area contributed by atoms with Crippen LogP contribution in [0.2, 0.25) is 0 Å². The predicted octanol–water partition coefficient (Wildman–Crippen LogP) is 3.23. The third kappa shape index (κ3) is 5.65. The lowest BCUT2D eigenvalue weighted by Crippen LogP contribution is -2.29. The molecule has 0 unspecified atom stereocenters. The maximum absolute atomic E-state index is 13.4. The van der Waals surface area contributed by atoms with Gasteiger partial charge in [-0.25, -0.2) is 9.48 Å². The molecule has 42 heavy (non-hydrogen) atoms. The lowest BCUT2D eigenvalue weighted by atomic mass is 10.1. The average Bonchev–Trinajstić information content (AvgIpc) is 3.42. The van der Waals surface area contributed by atoms with Crippen molar-refractivity contribution in [3.63, 3.8) is 0 Å². The van der Waals surface area contributed by atoms with Gasteiger partial charge in [0.2, 0.25) is 0 Å². The normalized spacial score (nSPS) is 13.2. The predicted molar refractivity (Wildman–Crippen MR) is 161 cm³/mol. The molecule has 1 aliphatic heterocycles. The smallest absolute Gasteiger partial charge is 0.320 e. The Hall–Kier alpha value is -4.86. The third-order valence-electron chi connectivity index (χ3n) is 7.82. The van der Waals surface area contributed by atoms with Crippen molar-refractivity contribution < 1.29 is 14.4 Å². The Morgan fingerprint density at radius 3 is 1.88 bits per heavy atom. The zero-order chi connectivity index (χ0) is 30.1. The number of hydrogen-bond acceptors (Lipinski definition) is 4. The van der Waals surface area contributed by atoms with E-state index >= 15 is 0 Å². The molecule has 3 aromatic carbocycles. The first-order valence-corrected chi connectivity index (χ1v) is 13.9. The zero-order valence-corrected chi connectivity index (χ0v) is 24.7. The summed E-state index contributed by atoms with van der Waals surface area (Å²) in [5.74, 6) is -0.194. The summed E-state index contributed by atoms with van der Waals surface area (Å²) in [5, 5.41) is 0.585. The van der Waals surface area contributed by atoms with Crippen molar-refractivity contribution in [1.29, 1.82) is 0 Å². The number of likely N-dealkylation sites (N-methyl/N-ethyl adjacent to an activating group) is 1. The molecule has 0 bridgehead atoms. The molecule has 0 radical (unpaired) electrons. The van der Waals surface area contributed by atoms with Crippen LogP contribution in [0.15, 0.2) is 71.5 Å². The highest BCUT2D eigenvalue weighted by Gasteiger charge is 2.25. The summed E-state index contributed by atoms with van der Waals surface area (Å²) in [6.07, 6.45) is 0. The van der Waals surface area contributed by atoms with Crippen molar-refractivity contribution in [2.75, 3.05) is 41.3 Å². The van der Waals surface area contributed by atoms with E-state index in [2.05, 4.69) is 0 Å². The summed E-state index contributed by atoms with van der Waals surface area (Å²) in [6, 6.07) is 20.4. The number of benzene rings is 3. The molecule has 0 spiro atoms. The van der Waals surface area contributed by atoms with E-state index in [0.717, 1.165) is 28.8 Å². The highest BCUT2D eigenvalue weighted by atomic mass is 16.2. The van der Waals surface area contributed by atoms with E-state index < -0.39 is 0 Å². The SMILES string of the molecule is CN(C)C(=O)c1ccc(Cn2c(=O)c3cc(CN(C)C(=O)c4ccc(CN5CCN(C)C5=O)cc4)ccc3n2C)cc1. The van der Waals surface area contributed by atoms with Crippen LogP contribution in [0.5, 0.6) is 0 Å². The molecule has 10 heteroatoms. The van der Waals surface area contributed by atoms with Crippen LogP contribution in [0.4, 0.5) is 4.79 Å². The fraction of sp³-hybridized carbons (Fsp3) is 0.312. The molecular formula is C32H36N6O4. The van der Waals surface area contributed by atoms with Crippen LogP contribution in [0.3, 0.4) is 0 Å². The minimum Gasteiger partial charge on any atom is -0.345 e. The van der Waals surface area contributed by atoms with Crippen molar-refractivity contribution >= 4 is 28.7 Å². The van der Waals surface area contributed by atoms with Gasteiger partial charge in [-0.2, -0.15) is 0 Å². The second-order valence-corrected chi connectivity index (χ2v) is 11.1. The van der Waals surface area contributed by atoms with Gasteiger partial charge in [0.25, 0.3) is 17.4 Å². The minimum atomic E-state index is -0.125. The lowest BCUT2D eigenvalue weighted by Gasteiger charge is -2.18. The number of nitrogens with zero attached hydrogens (tertiary/aromatic N) is 6. The lowest BCUT2D eigenvalue weighted by molar-refractivity contribution is 0.0784. The number of urea groups is 1. The maximum atomic E-state index is 13.4. The highest BCUT2D eigenvalue weighted by molar-refractivity contribution is 5.94. The van der Waals surface area contributed by atoms with E-state index in [1.54, 1.807) is 71.8 Å². The Bertz CT molecular complexity index is 1700. The summed E-state index contributed by atoms with van der Waals surface area (Å²) >= 11 is 0. The monoisotopic (exact) mass is 568 g/mol. The number of hydrogen-bond donors (Lipinski definition) is 0. The first kappa shape index (κ1) is 28.7. The van der Waals surface area contributed by atoms with Gasteiger partial charge >= 0.3 is 6.03 Å². The van der Waals surface area contributed by atoms with Gasteiger partial charge in [-0.15, -0.1) is 0 Å². The molecule has 0 aliphatic carbocycles. The van der Waals surface area contributed by atoms with Crippen LogP contribution in [0, 0.1) is 0 Å². The van der Waals surface area contributed by atoms with Gasteiger partial charge in [0, 0.05) is 72.5 Å².